The summed E-state index contributed by atoms with van der Waals surface area (Å²) < 4.78 is 0. The van der Waals surface area contributed by atoms with Crippen LogP contribution in [0.4, 0.5) is 0 Å². The fourth-order valence-corrected chi connectivity index (χ4v) is 3.21. The molecule has 19 heavy (non-hydrogen) atoms. The summed E-state index contributed by atoms with van der Waals surface area (Å²) in [7, 11) is 2.19. The lowest BCUT2D eigenvalue weighted by Gasteiger charge is -2.41. The second-order valence-corrected chi connectivity index (χ2v) is 6.32. The Morgan fingerprint density at radius 2 is 2.21 bits per heavy atom. The van der Waals surface area contributed by atoms with Gasteiger partial charge in [-0.2, -0.15) is 0 Å². The lowest BCUT2D eigenvalue weighted by Crippen LogP contribution is -2.50. The van der Waals surface area contributed by atoms with Crippen LogP contribution < -0.4 is 5.73 Å². The normalized spacial score (nSPS) is 28.0. The van der Waals surface area contributed by atoms with E-state index in [-0.39, 0.29) is 0 Å². The number of hydrogen-bond donors (Lipinski definition) is 1. The van der Waals surface area contributed by atoms with Gasteiger partial charge in [0, 0.05) is 31.0 Å². The first-order valence-electron chi connectivity index (χ1n) is 7.42. The standard InChI is InChI=1S/C16H27N3/c1-12(2)14-6-7-15(17)16(9-14)19(3)11-13-5-4-8-18-10-13/h4-5,8,10,12,14-16H,6-7,9,11,17H2,1-3H3. The van der Waals surface area contributed by atoms with Crippen molar-refractivity contribution >= 4 is 0 Å². The SMILES string of the molecule is CC(C)C1CCC(N)C(N(C)Cc2cccnc2)C1. The molecule has 3 nitrogen and oxygen atoms in total. The molecule has 1 aromatic rings. The minimum Gasteiger partial charge on any atom is -0.326 e. The summed E-state index contributed by atoms with van der Waals surface area (Å²) in [6.07, 6.45) is 7.45. The van der Waals surface area contributed by atoms with Gasteiger partial charge in [0.25, 0.3) is 0 Å². The maximum atomic E-state index is 6.34. The fourth-order valence-electron chi connectivity index (χ4n) is 3.21. The zero-order valence-corrected chi connectivity index (χ0v) is 12.4. The van der Waals surface area contributed by atoms with Gasteiger partial charge in [-0.25, -0.2) is 0 Å². The number of likely N-dealkylation sites (N-methyl/N-ethyl adjacent to an activating group) is 1. The molecule has 0 bridgehead atoms. The Bertz CT molecular complexity index is 377. The van der Waals surface area contributed by atoms with Crippen LogP contribution in [-0.2, 0) is 6.54 Å². The van der Waals surface area contributed by atoms with Crippen molar-refractivity contribution in [1.29, 1.82) is 0 Å². The third kappa shape index (κ3) is 3.77. The van der Waals surface area contributed by atoms with Crippen LogP contribution in [0.1, 0.15) is 38.7 Å². The molecule has 2 rings (SSSR count). The van der Waals surface area contributed by atoms with Crippen molar-refractivity contribution in [3.05, 3.63) is 30.1 Å². The van der Waals surface area contributed by atoms with Gasteiger partial charge in [-0.3, -0.25) is 9.88 Å². The van der Waals surface area contributed by atoms with Gasteiger partial charge in [-0.1, -0.05) is 19.9 Å². The molecule has 0 radical (unpaired) electrons. The molecule has 1 aliphatic carbocycles. The number of pyridine rings is 1. The average Bonchev–Trinajstić information content (AvgIpc) is 2.40. The third-order valence-electron chi connectivity index (χ3n) is 4.57. The van der Waals surface area contributed by atoms with E-state index in [0.717, 1.165) is 24.8 Å². The predicted octanol–water partition coefficient (Wildman–Crippen LogP) is 2.67. The first kappa shape index (κ1) is 14.5. The first-order chi connectivity index (χ1) is 9.08. The van der Waals surface area contributed by atoms with Crippen LogP contribution in [-0.4, -0.2) is 29.0 Å². The molecule has 0 spiro atoms. The highest BCUT2D eigenvalue weighted by Crippen LogP contribution is 2.32. The van der Waals surface area contributed by atoms with Crippen molar-refractivity contribution in [3.63, 3.8) is 0 Å². The van der Waals surface area contributed by atoms with Crippen LogP contribution >= 0.6 is 0 Å². The molecule has 1 heterocycles. The van der Waals surface area contributed by atoms with E-state index in [1.165, 1.54) is 18.4 Å². The van der Waals surface area contributed by atoms with Gasteiger partial charge < -0.3 is 5.73 Å². The molecule has 3 unspecified atom stereocenters. The quantitative estimate of drug-likeness (QED) is 0.906. The smallest absolute Gasteiger partial charge is 0.0312 e. The molecular formula is C16H27N3. The van der Waals surface area contributed by atoms with Crippen molar-refractivity contribution in [1.82, 2.24) is 9.88 Å². The van der Waals surface area contributed by atoms with Gasteiger partial charge in [0.2, 0.25) is 0 Å². The van der Waals surface area contributed by atoms with E-state index < -0.39 is 0 Å². The van der Waals surface area contributed by atoms with E-state index >= 15 is 0 Å². The summed E-state index contributed by atoms with van der Waals surface area (Å²) >= 11 is 0. The maximum Gasteiger partial charge on any atom is 0.0312 e. The van der Waals surface area contributed by atoms with Gasteiger partial charge in [0.05, 0.1) is 0 Å². The topological polar surface area (TPSA) is 42.1 Å². The lowest BCUT2D eigenvalue weighted by atomic mass is 9.76. The molecule has 3 atom stereocenters. The van der Waals surface area contributed by atoms with Crippen LogP contribution in [0.25, 0.3) is 0 Å². The summed E-state index contributed by atoms with van der Waals surface area (Å²) in [6, 6.07) is 4.96. The molecule has 3 heteroatoms. The summed E-state index contributed by atoms with van der Waals surface area (Å²) in [4.78, 5) is 6.60. The van der Waals surface area contributed by atoms with Gasteiger partial charge in [0.15, 0.2) is 0 Å². The van der Waals surface area contributed by atoms with Gasteiger partial charge in [0.1, 0.15) is 0 Å². The van der Waals surface area contributed by atoms with E-state index in [4.69, 9.17) is 5.73 Å². The van der Waals surface area contributed by atoms with Crippen molar-refractivity contribution in [2.45, 2.75) is 51.7 Å². The molecule has 0 saturated heterocycles. The molecule has 1 aliphatic rings. The van der Waals surface area contributed by atoms with Gasteiger partial charge in [-0.15, -0.1) is 0 Å². The molecule has 1 aromatic heterocycles. The Hall–Kier alpha value is -0.930. The Morgan fingerprint density at radius 1 is 1.42 bits per heavy atom. The molecule has 106 valence electrons. The van der Waals surface area contributed by atoms with Gasteiger partial charge >= 0.3 is 0 Å². The Morgan fingerprint density at radius 3 is 2.84 bits per heavy atom. The highest BCUT2D eigenvalue weighted by atomic mass is 15.1. The van der Waals surface area contributed by atoms with Crippen LogP contribution in [0, 0.1) is 11.8 Å². The highest BCUT2D eigenvalue weighted by Gasteiger charge is 2.31. The van der Waals surface area contributed by atoms with E-state index in [9.17, 15) is 0 Å². The van der Waals surface area contributed by atoms with Crippen LogP contribution in [0.2, 0.25) is 0 Å². The van der Waals surface area contributed by atoms with Gasteiger partial charge in [-0.05, 0) is 49.8 Å². The summed E-state index contributed by atoms with van der Waals surface area (Å²) in [5.74, 6) is 1.59. The van der Waals surface area contributed by atoms with Crippen LogP contribution in [0.5, 0.6) is 0 Å². The second kappa shape index (κ2) is 6.49. The molecule has 2 N–H and O–H groups in total. The fraction of sp³-hybridized carbons (Fsp3) is 0.688. The molecule has 1 saturated carbocycles. The monoisotopic (exact) mass is 261 g/mol. The van der Waals surface area contributed by atoms with E-state index in [2.05, 4.69) is 36.8 Å². The lowest BCUT2D eigenvalue weighted by molar-refractivity contribution is 0.113. The second-order valence-electron chi connectivity index (χ2n) is 6.32. The predicted molar refractivity (Wildman–Crippen MR) is 79.6 cm³/mol. The number of nitrogens with two attached hydrogens (primary N) is 1. The zero-order chi connectivity index (χ0) is 13.8. The summed E-state index contributed by atoms with van der Waals surface area (Å²) in [5, 5.41) is 0. The largest absolute Gasteiger partial charge is 0.326 e. The first-order valence-corrected chi connectivity index (χ1v) is 7.42. The number of aromatic nitrogens is 1. The average molecular weight is 261 g/mol. The third-order valence-corrected chi connectivity index (χ3v) is 4.57. The minimum atomic E-state index is 0.316. The van der Waals surface area contributed by atoms with Crippen LogP contribution in [0.15, 0.2) is 24.5 Å². The highest BCUT2D eigenvalue weighted by molar-refractivity contribution is 5.08. The number of nitrogens with zero attached hydrogens (tertiary/aromatic N) is 2. The molecule has 0 aromatic carbocycles. The summed E-state index contributed by atoms with van der Waals surface area (Å²) in [5.41, 5.74) is 7.61. The van der Waals surface area contributed by atoms with E-state index in [1.54, 1.807) is 0 Å². The Kier molecular flexibility index (Phi) is 4.94. The van der Waals surface area contributed by atoms with Crippen molar-refractivity contribution in [3.8, 4) is 0 Å². The maximum absolute atomic E-state index is 6.34. The van der Waals surface area contributed by atoms with E-state index in [0.29, 0.717) is 12.1 Å². The summed E-state index contributed by atoms with van der Waals surface area (Å²) in [6.45, 7) is 5.61. The minimum absolute atomic E-state index is 0.316. The molecule has 0 amide bonds. The Balaban J connectivity index is 1.98. The number of hydrogen-bond acceptors (Lipinski definition) is 3. The molecule has 1 fully saturated rings. The number of rotatable bonds is 4. The van der Waals surface area contributed by atoms with E-state index in [1.807, 2.05) is 18.5 Å². The van der Waals surface area contributed by atoms with Crippen molar-refractivity contribution in [2.75, 3.05) is 7.05 Å². The Labute approximate surface area is 117 Å². The van der Waals surface area contributed by atoms with Crippen LogP contribution in [0.3, 0.4) is 0 Å². The molecular weight excluding hydrogens is 234 g/mol. The van der Waals surface area contributed by atoms with Crippen molar-refractivity contribution < 1.29 is 0 Å². The molecule has 0 aliphatic heterocycles. The zero-order valence-electron chi connectivity index (χ0n) is 12.4. The van der Waals surface area contributed by atoms with Crippen molar-refractivity contribution in [2.24, 2.45) is 17.6 Å².